The Morgan fingerprint density at radius 1 is 1.06 bits per heavy atom. The van der Waals surface area contributed by atoms with Gasteiger partial charge in [0.05, 0.1) is 16.3 Å². The van der Waals surface area contributed by atoms with Gasteiger partial charge in [-0.25, -0.2) is 13.2 Å². The molecule has 3 heterocycles. The lowest BCUT2D eigenvalue weighted by molar-refractivity contribution is -0.137. The number of hydrogen-bond donors (Lipinski definition) is 0. The van der Waals surface area contributed by atoms with E-state index in [0.717, 1.165) is 11.3 Å². The quantitative estimate of drug-likeness (QED) is 0.512. The lowest BCUT2D eigenvalue weighted by Gasteiger charge is -2.40. The van der Waals surface area contributed by atoms with Crippen LogP contribution < -0.4 is 10.7 Å². The molecule has 2 fully saturated rings. The summed E-state index contributed by atoms with van der Waals surface area (Å²) in [6, 6.07) is 10.3. The number of rotatable bonds is 4. The maximum atomic E-state index is 13.4. The molecule has 0 aliphatic carbocycles. The zero-order valence-corrected chi connectivity index (χ0v) is 21.9. The van der Waals surface area contributed by atoms with E-state index in [1.54, 1.807) is 13.1 Å². The number of oxazole rings is 1. The van der Waals surface area contributed by atoms with Crippen LogP contribution in [0.25, 0.3) is 11.1 Å². The van der Waals surface area contributed by atoms with Gasteiger partial charge in [-0.2, -0.15) is 4.31 Å². The van der Waals surface area contributed by atoms with Crippen LogP contribution in [0.3, 0.4) is 0 Å². The molecule has 11 heteroatoms. The van der Waals surface area contributed by atoms with E-state index < -0.39 is 15.8 Å². The van der Waals surface area contributed by atoms with Gasteiger partial charge in [-0.1, -0.05) is 17.7 Å². The third kappa shape index (κ3) is 4.53. The number of piperidine rings is 1. The van der Waals surface area contributed by atoms with E-state index in [9.17, 15) is 18.0 Å². The summed E-state index contributed by atoms with van der Waals surface area (Å²) < 4.78 is 34.6. The molecule has 2 aromatic carbocycles. The topological polar surface area (TPSA) is 96.1 Å². The number of amides is 1. The van der Waals surface area contributed by atoms with Crippen LogP contribution >= 0.6 is 11.6 Å². The van der Waals surface area contributed by atoms with Gasteiger partial charge in [0.15, 0.2) is 5.58 Å². The summed E-state index contributed by atoms with van der Waals surface area (Å²) >= 11 is 6.18. The monoisotopic (exact) mass is 532 g/mol. The summed E-state index contributed by atoms with van der Waals surface area (Å²) in [7, 11) is -2.27. The second-order valence-corrected chi connectivity index (χ2v) is 11.9. The van der Waals surface area contributed by atoms with Gasteiger partial charge in [0.25, 0.3) is 0 Å². The Labute approximate surface area is 214 Å². The van der Waals surface area contributed by atoms with Crippen LogP contribution in [0.15, 0.2) is 50.5 Å². The van der Waals surface area contributed by atoms with E-state index >= 15 is 0 Å². The van der Waals surface area contributed by atoms with E-state index in [0.29, 0.717) is 56.1 Å². The van der Waals surface area contributed by atoms with Crippen molar-refractivity contribution in [1.82, 2.24) is 13.8 Å². The predicted molar refractivity (Wildman–Crippen MR) is 138 cm³/mol. The summed E-state index contributed by atoms with van der Waals surface area (Å²) in [5.41, 5.74) is 2.97. The van der Waals surface area contributed by atoms with E-state index in [-0.39, 0.29) is 28.8 Å². The van der Waals surface area contributed by atoms with E-state index in [4.69, 9.17) is 16.0 Å². The van der Waals surface area contributed by atoms with Crippen molar-refractivity contribution < 1.29 is 17.6 Å². The number of anilines is 1. The van der Waals surface area contributed by atoms with Crippen molar-refractivity contribution in [2.75, 3.05) is 44.2 Å². The van der Waals surface area contributed by atoms with Gasteiger partial charge in [-0.3, -0.25) is 9.36 Å². The molecular weight excluding hydrogens is 504 g/mol. The normalized spacial score (nSPS) is 19.7. The first-order valence-electron chi connectivity index (χ1n) is 12.0. The average Bonchev–Trinajstić information content (AvgIpc) is 3.17. The zero-order chi connectivity index (χ0) is 25.6. The number of carbonyl (C=O) groups excluding carboxylic acids is 1. The second-order valence-electron chi connectivity index (χ2n) is 9.50. The highest BCUT2D eigenvalue weighted by molar-refractivity contribution is 7.89. The summed E-state index contributed by atoms with van der Waals surface area (Å²) in [5, 5.41) is 0.686. The molecule has 5 rings (SSSR count). The molecule has 0 bridgehead atoms. The van der Waals surface area contributed by atoms with E-state index in [2.05, 4.69) is 4.90 Å². The summed E-state index contributed by atoms with van der Waals surface area (Å²) in [6.07, 6.45) is 1.27. The van der Waals surface area contributed by atoms with Crippen LogP contribution in [-0.2, 0) is 21.9 Å². The molecular formula is C25H29ClN4O5S. The number of nitrogens with zero attached hydrogens (tertiary/aromatic N) is 4. The molecule has 0 radical (unpaired) electrons. The van der Waals surface area contributed by atoms with Crippen molar-refractivity contribution in [3.63, 3.8) is 0 Å². The van der Waals surface area contributed by atoms with E-state index in [1.807, 2.05) is 30.0 Å². The van der Waals surface area contributed by atoms with Gasteiger partial charge >= 0.3 is 5.76 Å². The van der Waals surface area contributed by atoms with Crippen molar-refractivity contribution in [2.24, 2.45) is 13.0 Å². The minimum Gasteiger partial charge on any atom is -0.408 e. The largest absolute Gasteiger partial charge is 0.419 e. The van der Waals surface area contributed by atoms with Crippen molar-refractivity contribution >= 4 is 44.3 Å². The number of piperazine rings is 1. The van der Waals surface area contributed by atoms with Crippen LogP contribution in [0.4, 0.5) is 5.69 Å². The number of hydrogen-bond acceptors (Lipinski definition) is 6. The van der Waals surface area contributed by atoms with Crippen molar-refractivity contribution in [2.45, 2.75) is 24.7 Å². The Morgan fingerprint density at radius 3 is 2.56 bits per heavy atom. The number of carbonyl (C=O) groups is 1. The molecule has 1 unspecified atom stereocenters. The molecule has 0 N–H and O–H groups in total. The molecule has 1 amide bonds. The Kier molecular flexibility index (Phi) is 6.61. The molecule has 2 aliphatic heterocycles. The van der Waals surface area contributed by atoms with Crippen molar-refractivity contribution in [3.05, 3.63) is 57.5 Å². The molecule has 0 spiro atoms. The third-order valence-electron chi connectivity index (χ3n) is 7.24. The fraction of sp³-hybridized carbons (Fsp3) is 0.440. The van der Waals surface area contributed by atoms with E-state index in [1.165, 1.54) is 21.0 Å². The van der Waals surface area contributed by atoms with Gasteiger partial charge in [0.2, 0.25) is 15.9 Å². The summed E-state index contributed by atoms with van der Waals surface area (Å²) in [4.78, 5) is 29.3. The van der Waals surface area contributed by atoms with Crippen molar-refractivity contribution in [1.29, 1.82) is 0 Å². The molecule has 0 saturated carbocycles. The molecule has 2 saturated heterocycles. The second kappa shape index (κ2) is 9.57. The predicted octanol–water partition coefficient (Wildman–Crippen LogP) is 2.84. The van der Waals surface area contributed by atoms with Crippen molar-refractivity contribution in [3.8, 4) is 0 Å². The summed E-state index contributed by atoms with van der Waals surface area (Å²) in [5.74, 6) is -0.929. The van der Waals surface area contributed by atoms with Crippen LogP contribution in [0.1, 0.15) is 18.4 Å². The molecule has 192 valence electrons. The van der Waals surface area contributed by atoms with Gasteiger partial charge in [-0.05, 0) is 49.6 Å². The number of fused-ring (bicyclic) bond motifs is 1. The first-order valence-corrected chi connectivity index (χ1v) is 13.9. The zero-order valence-electron chi connectivity index (χ0n) is 20.3. The number of aromatic nitrogens is 1. The maximum absolute atomic E-state index is 13.4. The summed E-state index contributed by atoms with van der Waals surface area (Å²) in [6.45, 7) is 5.10. The van der Waals surface area contributed by atoms with Gasteiger partial charge in [0.1, 0.15) is 0 Å². The highest BCUT2D eigenvalue weighted by Crippen LogP contribution is 2.29. The van der Waals surface area contributed by atoms with Crippen LogP contribution in [0.2, 0.25) is 5.02 Å². The molecule has 1 atom stereocenters. The Bertz CT molecular complexity index is 1470. The Morgan fingerprint density at radius 2 is 1.81 bits per heavy atom. The molecule has 9 nitrogen and oxygen atoms in total. The number of benzene rings is 2. The first-order chi connectivity index (χ1) is 17.1. The van der Waals surface area contributed by atoms with Crippen LogP contribution in [-0.4, -0.2) is 67.4 Å². The Hall–Kier alpha value is -2.82. The number of halogens is 1. The minimum absolute atomic E-state index is 0.00174. The SMILES string of the molecule is Cc1ccc(Cl)cc1N1CCN(C(=O)C2CCCN(S(=O)(=O)c3ccc4c(c3)oc(=O)n4C)C2)CC1. The lowest BCUT2D eigenvalue weighted by atomic mass is 9.97. The number of sulfonamides is 1. The molecule has 1 aromatic heterocycles. The first kappa shape index (κ1) is 24.9. The minimum atomic E-state index is -3.84. The maximum Gasteiger partial charge on any atom is 0.419 e. The molecule has 2 aliphatic rings. The third-order valence-corrected chi connectivity index (χ3v) is 9.33. The highest BCUT2D eigenvalue weighted by atomic mass is 35.5. The fourth-order valence-electron chi connectivity index (χ4n) is 5.14. The van der Waals surface area contributed by atoms with Gasteiger partial charge in [-0.15, -0.1) is 0 Å². The average molecular weight is 533 g/mol. The smallest absolute Gasteiger partial charge is 0.408 e. The standard InChI is InChI=1S/C25H29ClN4O5S/c1-17-5-6-19(26)14-22(17)28-10-12-29(13-11-28)24(31)18-4-3-9-30(16-18)36(33,34)20-7-8-21-23(15-20)35-25(32)27(21)2/h5-8,14-15,18H,3-4,9-13,16H2,1-2H3. The molecule has 36 heavy (non-hydrogen) atoms. The fourth-order valence-corrected chi connectivity index (χ4v) is 6.84. The Balaban J connectivity index is 1.27. The van der Waals surface area contributed by atoms with Gasteiger partial charge < -0.3 is 14.2 Å². The van der Waals surface area contributed by atoms with Gasteiger partial charge in [0, 0.05) is 63.1 Å². The highest BCUT2D eigenvalue weighted by Gasteiger charge is 2.36. The van der Waals surface area contributed by atoms with Crippen LogP contribution in [0, 0.1) is 12.8 Å². The lowest BCUT2D eigenvalue weighted by Crippen LogP contribution is -2.53. The molecule has 3 aromatic rings. The van der Waals surface area contributed by atoms with Crippen LogP contribution in [0.5, 0.6) is 0 Å². The number of aryl methyl sites for hydroxylation is 2.